The molecule has 1 amide bonds. The van der Waals surface area contributed by atoms with Crippen molar-refractivity contribution in [2.24, 2.45) is 0 Å². The Kier molecular flexibility index (Phi) is 5.76. The number of benzene rings is 2. The first-order chi connectivity index (χ1) is 11.6. The summed E-state index contributed by atoms with van der Waals surface area (Å²) in [5.74, 6) is -0.607. The smallest absolute Gasteiger partial charge is 0.262 e. The van der Waals surface area contributed by atoms with Crippen LogP contribution in [0.25, 0.3) is 6.08 Å². The van der Waals surface area contributed by atoms with E-state index in [-0.39, 0.29) is 17.1 Å². The molecular formula is C19H16N2O3. The molecule has 2 rings (SSSR count). The molecule has 0 aromatic heterocycles. The van der Waals surface area contributed by atoms with E-state index in [2.05, 4.69) is 5.32 Å². The molecular weight excluding hydrogens is 304 g/mol. The third kappa shape index (κ3) is 5.04. The topological polar surface area (TPSA) is 93.3 Å². The number of carbonyl (C=O) groups excluding carboxylic acids is 1. The molecule has 0 heterocycles. The van der Waals surface area contributed by atoms with Crippen LogP contribution in [0.4, 0.5) is 0 Å². The van der Waals surface area contributed by atoms with Crippen LogP contribution < -0.4 is 5.32 Å². The Morgan fingerprint density at radius 3 is 2.42 bits per heavy atom. The van der Waals surface area contributed by atoms with Crippen LogP contribution in [0.15, 0.2) is 66.3 Å². The lowest BCUT2D eigenvalue weighted by molar-refractivity contribution is -0.117. The third-order valence-electron chi connectivity index (χ3n) is 3.14. The highest BCUT2D eigenvalue weighted by atomic mass is 16.3. The van der Waals surface area contributed by atoms with Crippen molar-refractivity contribution < 1.29 is 15.0 Å². The van der Waals surface area contributed by atoms with Gasteiger partial charge in [-0.3, -0.25) is 4.79 Å². The number of hydrogen-bond acceptors (Lipinski definition) is 4. The predicted octanol–water partition coefficient (Wildman–Crippen LogP) is 2.88. The van der Waals surface area contributed by atoms with Crippen LogP contribution in [0.5, 0.6) is 11.5 Å². The Labute approximate surface area is 139 Å². The van der Waals surface area contributed by atoms with Crippen molar-refractivity contribution >= 4 is 12.0 Å². The second-order valence-corrected chi connectivity index (χ2v) is 5.00. The van der Waals surface area contributed by atoms with Crippen LogP contribution in [0, 0.1) is 11.3 Å². The van der Waals surface area contributed by atoms with Crippen molar-refractivity contribution in [3.8, 4) is 17.6 Å². The summed E-state index contributed by atoms with van der Waals surface area (Å²) in [5, 5.41) is 30.5. The van der Waals surface area contributed by atoms with E-state index in [1.165, 1.54) is 30.4 Å². The Morgan fingerprint density at radius 2 is 1.79 bits per heavy atom. The van der Waals surface area contributed by atoms with Gasteiger partial charge in [-0.2, -0.15) is 5.26 Å². The standard InChI is InChI=1S/C19H16N2O3/c20-12-16(19(24)21-13-14-5-2-1-3-6-14)8-4-7-15-9-17(22)11-18(23)10-15/h1-11,22-23H,13H2,(H,21,24)/b7-4+,16-8+. The second-order valence-electron chi connectivity index (χ2n) is 5.00. The van der Waals surface area contributed by atoms with Gasteiger partial charge in [0.25, 0.3) is 5.91 Å². The summed E-state index contributed by atoms with van der Waals surface area (Å²) in [4.78, 5) is 12.0. The van der Waals surface area contributed by atoms with E-state index in [1.54, 1.807) is 6.08 Å². The van der Waals surface area contributed by atoms with Crippen LogP contribution in [0.2, 0.25) is 0 Å². The molecule has 24 heavy (non-hydrogen) atoms. The van der Waals surface area contributed by atoms with Gasteiger partial charge in [0.2, 0.25) is 0 Å². The summed E-state index contributed by atoms with van der Waals surface area (Å²) in [6.07, 6.45) is 4.46. The lowest BCUT2D eigenvalue weighted by Crippen LogP contribution is -2.23. The number of nitrogens with zero attached hydrogens (tertiary/aromatic N) is 1. The normalized spacial score (nSPS) is 11.2. The number of phenols is 2. The first-order valence-corrected chi connectivity index (χ1v) is 7.22. The van der Waals surface area contributed by atoms with Gasteiger partial charge in [0.15, 0.2) is 0 Å². The van der Waals surface area contributed by atoms with Crippen LogP contribution in [0.3, 0.4) is 0 Å². The molecule has 2 aromatic carbocycles. The maximum Gasteiger partial charge on any atom is 0.262 e. The number of amides is 1. The van der Waals surface area contributed by atoms with Gasteiger partial charge in [-0.05, 0) is 29.3 Å². The summed E-state index contributed by atoms with van der Waals surface area (Å²) < 4.78 is 0. The fraction of sp³-hybridized carbons (Fsp3) is 0.0526. The molecule has 3 N–H and O–H groups in total. The fourth-order valence-electron chi connectivity index (χ4n) is 2.01. The number of rotatable bonds is 5. The number of aromatic hydroxyl groups is 2. The molecule has 0 fully saturated rings. The van der Waals surface area contributed by atoms with Crippen LogP contribution in [-0.4, -0.2) is 16.1 Å². The number of nitriles is 1. The molecule has 5 nitrogen and oxygen atoms in total. The highest BCUT2D eigenvalue weighted by molar-refractivity contribution is 5.97. The zero-order valence-corrected chi connectivity index (χ0v) is 12.8. The van der Waals surface area contributed by atoms with Gasteiger partial charge < -0.3 is 15.5 Å². The minimum Gasteiger partial charge on any atom is -0.508 e. The minimum absolute atomic E-state index is 0.0356. The number of nitrogens with one attached hydrogen (secondary N) is 1. The van der Waals surface area contributed by atoms with E-state index >= 15 is 0 Å². The van der Waals surface area contributed by atoms with Crippen molar-refractivity contribution in [1.82, 2.24) is 5.32 Å². The van der Waals surface area contributed by atoms with E-state index in [0.29, 0.717) is 12.1 Å². The molecule has 0 spiro atoms. The molecule has 2 aromatic rings. The minimum atomic E-state index is -0.468. The van der Waals surface area contributed by atoms with E-state index in [0.717, 1.165) is 5.56 Å². The molecule has 0 saturated heterocycles. The number of carbonyl (C=O) groups is 1. The Morgan fingerprint density at radius 1 is 1.12 bits per heavy atom. The molecule has 0 unspecified atom stereocenters. The van der Waals surface area contributed by atoms with Crippen molar-refractivity contribution in [3.63, 3.8) is 0 Å². The van der Waals surface area contributed by atoms with Crippen molar-refractivity contribution in [2.45, 2.75) is 6.54 Å². The van der Waals surface area contributed by atoms with E-state index < -0.39 is 5.91 Å². The fourth-order valence-corrected chi connectivity index (χ4v) is 2.01. The molecule has 0 aliphatic carbocycles. The Hall–Kier alpha value is -3.52. The van der Waals surface area contributed by atoms with Crippen molar-refractivity contribution in [1.29, 1.82) is 5.26 Å². The first-order valence-electron chi connectivity index (χ1n) is 7.22. The summed E-state index contributed by atoms with van der Waals surface area (Å²) in [6.45, 7) is 0.336. The molecule has 0 bridgehead atoms. The summed E-state index contributed by atoms with van der Waals surface area (Å²) in [7, 11) is 0. The average Bonchev–Trinajstić information content (AvgIpc) is 2.57. The zero-order valence-electron chi connectivity index (χ0n) is 12.8. The third-order valence-corrected chi connectivity index (χ3v) is 3.14. The second kappa shape index (κ2) is 8.20. The molecule has 0 aliphatic heterocycles. The zero-order chi connectivity index (χ0) is 17.4. The van der Waals surface area contributed by atoms with Gasteiger partial charge in [-0.15, -0.1) is 0 Å². The van der Waals surface area contributed by atoms with Crippen molar-refractivity contribution in [2.75, 3.05) is 0 Å². The Bertz CT molecular complexity index is 798. The number of phenolic OH excluding ortho intramolecular Hbond substituents is 2. The summed E-state index contributed by atoms with van der Waals surface area (Å²) >= 11 is 0. The number of allylic oxidation sites excluding steroid dienone is 2. The summed E-state index contributed by atoms with van der Waals surface area (Å²) in [5.41, 5.74) is 1.45. The molecule has 0 atom stereocenters. The average molecular weight is 320 g/mol. The molecule has 0 aliphatic rings. The molecule has 120 valence electrons. The largest absolute Gasteiger partial charge is 0.508 e. The van der Waals surface area contributed by atoms with Gasteiger partial charge in [0.1, 0.15) is 23.1 Å². The highest BCUT2D eigenvalue weighted by Gasteiger charge is 2.07. The molecule has 0 saturated carbocycles. The van der Waals surface area contributed by atoms with Crippen molar-refractivity contribution in [3.05, 3.63) is 77.4 Å². The maximum atomic E-state index is 12.0. The first kappa shape index (κ1) is 16.8. The number of hydrogen-bond donors (Lipinski definition) is 3. The van der Waals surface area contributed by atoms with E-state index in [1.807, 2.05) is 36.4 Å². The van der Waals surface area contributed by atoms with Crippen LogP contribution in [0.1, 0.15) is 11.1 Å². The lowest BCUT2D eigenvalue weighted by Gasteiger charge is -2.03. The van der Waals surface area contributed by atoms with Gasteiger partial charge in [-0.25, -0.2) is 0 Å². The van der Waals surface area contributed by atoms with E-state index in [4.69, 9.17) is 5.26 Å². The summed E-state index contributed by atoms with van der Waals surface area (Å²) in [6, 6.07) is 15.3. The van der Waals surface area contributed by atoms with Gasteiger partial charge >= 0.3 is 0 Å². The molecule has 5 heteroatoms. The maximum absolute atomic E-state index is 12.0. The van der Waals surface area contributed by atoms with E-state index in [9.17, 15) is 15.0 Å². The van der Waals surface area contributed by atoms with Gasteiger partial charge in [0, 0.05) is 12.6 Å². The SMILES string of the molecule is N#C/C(=C\C=C\c1cc(O)cc(O)c1)C(=O)NCc1ccccc1. The van der Waals surface area contributed by atoms with Gasteiger partial charge in [0.05, 0.1) is 0 Å². The van der Waals surface area contributed by atoms with Crippen LogP contribution in [-0.2, 0) is 11.3 Å². The lowest BCUT2D eigenvalue weighted by atomic mass is 10.1. The molecule has 0 radical (unpaired) electrons. The Balaban J connectivity index is 2.01. The quantitative estimate of drug-likeness (QED) is 0.448. The highest BCUT2D eigenvalue weighted by Crippen LogP contribution is 2.21. The predicted molar refractivity (Wildman–Crippen MR) is 90.8 cm³/mol. The monoisotopic (exact) mass is 320 g/mol. The van der Waals surface area contributed by atoms with Gasteiger partial charge in [-0.1, -0.05) is 42.5 Å². The van der Waals surface area contributed by atoms with Crippen LogP contribution >= 0.6 is 0 Å².